The molecule has 16 heavy (non-hydrogen) atoms. The number of aromatic nitrogens is 2. The van der Waals surface area contributed by atoms with Gasteiger partial charge in [-0.15, -0.1) is 11.3 Å². The fraction of sp³-hybridized carbons (Fsp3) is 0. The van der Waals surface area contributed by atoms with E-state index in [1.54, 1.807) is 18.5 Å². The molecule has 0 spiro atoms. The molecule has 3 heterocycles. The van der Waals surface area contributed by atoms with Gasteiger partial charge in [0, 0.05) is 18.0 Å². The van der Waals surface area contributed by atoms with Crippen molar-refractivity contribution in [2.75, 3.05) is 0 Å². The van der Waals surface area contributed by atoms with Crippen LogP contribution >= 0.6 is 11.3 Å². The number of cyclic esters (lactones) is 2. The summed E-state index contributed by atoms with van der Waals surface area (Å²) >= 11 is 1.14. The molecule has 0 aliphatic carbocycles. The van der Waals surface area contributed by atoms with Gasteiger partial charge >= 0.3 is 11.9 Å². The number of esters is 2. The topological polar surface area (TPSA) is 69.2 Å². The highest BCUT2D eigenvalue weighted by molar-refractivity contribution is 7.17. The van der Waals surface area contributed by atoms with E-state index in [4.69, 9.17) is 0 Å². The van der Waals surface area contributed by atoms with Crippen LogP contribution in [0.15, 0.2) is 24.5 Å². The first-order valence-electron chi connectivity index (χ1n) is 4.43. The molecule has 6 heteroatoms. The van der Waals surface area contributed by atoms with Crippen molar-refractivity contribution in [2.45, 2.75) is 0 Å². The van der Waals surface area contributed by atoms with E-state index in [2.05, 4.69) is 14.7 Å². The lowest BCUT2D eigenvalue weighted by Gasteiger charge is -1.93. The summed E-state index contributed by atoms with van der Waals surface area (Å²) in [6.07, 6.45) is 3.27. The normalized spacial score (nSPS) is 13.8. The monoisotopic (exact) mass is 232 g/mol. The van der Waals surface area contributed by atoms with Crippen molar-refractivity contribution in [3.63, 3.8) is 0 Å². The smallest absolute Gasteiger partial charge is 0.366 e. The average molecular weight is 232 g/mol. The zero-order chi connectivity index (χ0) is 11.1. The quantitative estimate of drug-likeness (QED) is 0.550. The molecular formula is C10H4N2O3S. The van der Waals surface area contributed by atoms with Gasteiger partial charge in [-0.05, 0) is 12.1 Å². The molecule has 0 N–H and O–H groups in total. The Labute approximate surface area is 93.7 Å². The van der Waals surface area contributed by atoms with Crippen molar-refractivity contribution >= 4 is 23.3 Å². The predicted molar refractivity (Wildman–Crippen MR) is 55.1 cm³/mol. The molecule has 1 aliphatic rings. The van der Waals surface area contributed by atoms with E-state index in [0.29, 0.717) is 5.01 Å². The summed E-state index contributed by atoms with van der Waals surface area (Å²) in [4.78, 5) is 30.7. The highest BCUT2D eigenvalue weighted by Crippen LogP contribution is 2.31. The Morgan fingerprint density at radius 1 is 1.25 bits per heavy atom. The average Bonchev–Trinajstić information content (AvgIpc) is 2.83. The van der Waals surface area contributed by atoms with E-state index in [-0.39, 0.29) is 10.6 Å². The Hall–Kier alpha value is -2.08. The Morgan fingerprint density at radius 3 is 2.81 bits per heavy atom. The number of nitrogens with zero attached hydrogens (tertiary/aromatic N) is 2. The molecule has 0 radical (unpaired) electrons. The largest absolute Gasteiger partial charge is 0.384 e. The van der Waals surface area contributed by atoms with Gasteiger partial charge in [0.2, 0.25) is 0 Å². The maximum atomic E-state index is 11.2. The van der Waals surface area contributed by atoms with Crippen LogP contribution in [0, 0.1) is 0 Å². The van der Waals surface area contributed by atoms with E-state index >= 15 is 0 Å². The number of fused-ring (bicyclic) bond motifs is 1. The van der Waals surface area contributed by atoms with Crippen LogP contribution in [-0.2, 0) is 4.74 Å². The lowest BCUT2D eigenvalue weighted by Crippen LogP contribution is -1.99. The van der Waals surface area contributed by atoms with Gasteiger partial charge in [-0.2, -0.15) is 0 Å². The van der Waals surface area contributed by atoms with Crippen molar-refractivity contribution in [3.8, 4) is 10.6 Å². The van der Waals surface area contributed by atoms with Crippen LogP contribution in [0.25, 0.3) is 10.6 Å². The van der Waals surface area contributed by atoms with Crippen molar-refractivity contribution < 1.29 is 14.3 Å². The molecular weight excluding hydrogens is 228 g/mol. The van der Waals surface area contributed by atoms with E-state index in [9.17, 15) is 9.59 Å². The van der Waals surface area contributed by atoms with Crippen molar-refractivity contribution in [3.05, 3.63) is 35.1 Å². The summed E-state index contributed by atoms with van der Waals surface area (Å²) < 4.78 is 4.42. The summed E-state index contributed by atoms with van der Waals surface area (Å²) in [5.74, 6) is -1.29. The number of hydrogen-bond acceptors (Lipinski definition) is 6. The fourth-order valence-electron chi connectivity index (χ4n) is 1.39. The summed E-state index contributed by atoms with van der Waals surface area (Å²) in [5.41, 5.74) is 0.886. The summed E-state index contributed by atoms with van der Waals surface area (Å²) in [6, 6.07) is 3.58. The Balaban J connectivity index is 2.14. The van der Waals surface area contributed by atoms with Crippen molar-refractivity contribution in [2.24, 2.45) is 0 Å². The third-order valence-corrected chi connectivity index (χ3v) is 3.18. The first kappa shape index (κ1) is 9.17. The van der Waals surface area contributed by atoms with Crippen LogP contribution in [0.5, 0.6) is 0 Å². The molecule has 0 bridgehead atoms. The molecule has 0 fully saturated rings. The SMILES string of the molecule is O=C1OC(=O)c2sc(-c3cccnc3)nc21. The minimum atomic E-state index is -0.675. The summed E-state index contributed by atoms with van der Waals surface area (Å²) in [7, 11) is 0. The van der Waals surface area contributed by atoms with E-state index in [1.165, 1.54) is 0 Å². The highest BCUT2D eigenvalue weighted by Gasteiger charge is 2.34. The second-order valence-electron chi connectivity index (χ2n) is 3.12. The van der Waals surface area contributed by atoms with Gasteiger partial charge in [0.05, 0.1) is 0 Å². The first-order chi connectivity index (χ1) is 7.75. The standard InChI is InChI=1S/C10H4N2O3S/c13-9-6-7(10(14)15-9)16-8(12-6)5-2-1-3-11-4-5/h1-4H. The number of pyridine rings is 1. The maximum absolute atomic E-state index is 11.2. The first-order valence-corrected chi connectivity index (χ1v) is 5.25. The third kappa shape index (κ3) is 1.24. The minimum absolute atomic E-state index is 0.105. The molecule has 0 aromatic carbocycles. The lowest BCUT2D eigenvalue weighted by atomic mass is 10.3. The molecule has 2 aromatic rings. The number of carbonyl (C=O) groups is 2. The lowest BCUT2D eigenvalue weighted by molar-refractivity contribution is 0.0443. The predicted octanol–water partition coefficient (Wildman–Crippen LogP) is 1.52. The molecule has 78 valence electrons. The Morgan fingerprint density at radius 2 is 2.12 bits per heavy atom. The Kier molecular flexibility index (Phi) is 1.84. The van der Waals surface area contributed by atoms with Crippen LogP contribution in [0.1, 0.15) is 20.2 Å². The van der Waals surface area contributed by atoms with Gasteiger partial charge in [0.15, 0.2) is 5.69 Å². The van der Waals surface area contributed by atoms with Gasteiger partial charge in [-0.1, -0.05) is 0 Å². The van der Waals surface area contributed by atoms with Gasteiger partial charge in [0.25, 0.3) is 0 Å². The number of rotatable bonds is 1. The number of hydrogen-bond donors (Lipinski definition) is 0. The van der Waals surface area contributed by atoms with Crippen molar-refractivity contribution in [1.29, 1.82) is 0 Å². The van der Waals surface area contributed by atoms with E-state index in [0.717, 1.165) is 16.9 Å². The second-order valence-corrected chi connectivity index (χ2v) is 4.11. The van der Waals surface area contributed by atoms with Gasteiger partial charge < -0.3 is 4.74 Å². The van der Waals surface area contributed by atoms with Gasteiger partial charge in [-0.3, -0.25) is 4.98 Å². The third-order valence-electron chi connectivity index (χ3n) is 2.10. The van der Waals surface area contributed by atoms with Crippen LogP contribution < -0.4 is 0 Å². The van der Waals surface area contributed by atoms with E-state index < -0.39 is 11.9 Å². The number of thiazole rings is 1. The van der Waals surface area contributed by atoms with Gasteiger partial charge in [-0.25, -0.2) is 14.6 Å². The number of carbonyl (C=O) groups excluding carboxylic acids is 2. The molecule has 0 amide bonds. The van der Waals surface area contributed by atoms with E-state index in [1.807, 2.05) is 6.07 Å². The summed E-state index contributed by atoms with van der Waals surface area (Å²) in [6.45, 7) is 0. The summed E-state index contributed by atoms with van der Waals surface area (Å²) in [5, 5.41) is 0.600. The zero-order valence-corrected chi connectivity index (χ0v) is 8.65. The molecule has 0 saturated carbocycles. The second kappa shape index (κ2) is 3.21. The molecule has 1 aliphatic heterocycles. The van der Waals surface area contributed by atoms with Crippen molar-refractivity contribution in [1.82, 2.24) is 9.97 Å². The zero-order valence-electron chi connectivity index (χ0n) is 7.84. The highest BCUT2D eigenvalue weighted by atomic mass is 32.1. The fourth-order valence-corrected chi connectivity index (χ4v) is 2.31. The molecule has 0 saturated heterocycles. The molecule has 5 nitrogen and oxygen atoms in total. The molecule has 0 unspecified atom stereocenters. The number of ether oxygens (including phenoxy) is 1. The minimum Gasteiger partial charge on any atom is -0.384 e. The Bertz CT molecular complexity index is 560. The molecule has 2 aromatic heterocycles. The van der Waals surface area contributed by atoms with Crippen LogP contribution in [0.2, 0.25) is 0 Å². The molecule has 3 rings (SSSR count). The van der Waals surface area contributed by atoms with Gasteiger partial charge in [0.1, 0.15) is 9.88 Å². The molecule has 0 atom stereocenters. The van der Waals surface area contributed by atoms with Crippen LogP contribution in [-0.4, -0.2) is 21.9 Å². The van der Waals surface area contributed by atoms with Crippen LogP contribution in [0.3, 0.4) is 0 Å². The maximum Gasteiger partial charge on any atom is 0.366 e. The van der Waals surface area contributed by atoms with Crippen LogP contribution in [0.4, 0.5) is 0 Å².